The lowest BCUT2D eigenvalue weighted by Crippen LogP contribution is -2.25. The van der Waals surface area contributed by atoms with Crippen LogP contribution in [0, 0.1) is 0 Å². The number of hydrogen-bond donors (Lipinski definition) is 3. The molecule has 5 heteroatoms. The molecule has 1 aliphatic rings. The van der Waals surface area contributed by atoms with Crippen LogP contribution in [-0.2, 0) is 4.74 Å². The Morgan fingerprint density at radius 2 is 2.30 bits per heavy atom. The Kier molecular flexibility index (Phi) is 2.28. The highest BCUT2D eigenvalue weighted by Crippen LogP contribution is 2.33. The zero-order chi connectivity index (χ0) is 7.78. The van der Waals surface area contributed by atoms with Gasteiger partial charge >= 0.3 is 0 Å². The summed E-state index contributed by atoms with van der Waals surface area (Å²) in [6, 6.07) is 0. The minimum absolute atomic E-state index is 0.128. The summed E-state index contributed by atoms with van der Waals surface area (Å²) in [6.07, 6.45) is -1.29. The summed E-state index contributed by atoms with van der Waals surface area (Å²) in [5, 5.41) is 26.8. The van der Waals surface area contributed by atoms with Gasteiger partial charge in [-0.2, -0.15) is 0 Å². The molecule has 1 aliphatic heterocycles. The van der Waals surface area contributed by atoms with Crippen LogP contribution in [0.15, 0.2) is 0 Å². The quantitative estimate of drug-likeness (QED) is 0.421. The van der Waals surface area contributed by atoms with E-state index in [9.17, 15) is 0 Å². The van der Waals surface area contributed by atoms with Gasteiger partial charge in [-0.05, 0) is 0 Å². The molecule has 4 nitrogen and oxygen atoms in total. The summed E-state index contributed by atoms with van der Waals surface area (Å²) in [5.74, 6) is 0. The van der Waals surface area contributed by atoms with E-state index in [4.69, 9.17) is 20.1 Å². The van der Waals surface area contributed by atoms with Crippen LogP contribution in [0.25, 0.3) is 0 Å². The largest absolute Gasteiger partial charge is 0.394 e. The first-order valence-corrected chi connectivity index (χ1v) is 3.61. The first kappa shape index (κ1) is 8.37. The lowest BCUT2D eigenvalue weighted by Gasteiger charge is -2.15. The van der Waals surface area contributed by atoms with Crippen LogP contribution >= 0.6 is 9.24 Å². The summed E-state index contributed by atoms with van der Waals surface area (Å²) in [5.41, 5.74) is -1.35. The minimum Gasteiger partial charge on any atom is -0.394 e. The molecular weight excluding hydrogens is 155 g/mol. The molecule has 0 aromatic heterocycles. The van der Waals surface area contributed by atoms with Gasteiger partial charge in [-0.25, -0.2) is 0 Å². The highest BCUT2D eigenvalue weighted by molar-refractivity contribution is 7.18. The van der Waals surface area contributed by atoms with E-state index in [2.05, 4.69) is 9.24 Å². The van der Waals surface area contributed by atoms with Crippen LogP contribution in [-0.4, -0.2) is 39.7 Å². The zero-order valence-electron chi connectivity index (χ0n) is 5.40. The summed E-state index contributed by atoms with van der Waals surface area (Å²) in [6.45, 7) is -0.266. The molecule has 0 aromatic rings. The van der Waals surface area contributed by atoms with E-state index < -0.39 is 17.7 Å². The standard InChI is InChI=1S/C5H11O4P/c6-2-4-3(7)1-5(8,10)9-4/h3-4,6-8H,1-2,10H2/t3-,4+,5-/m0/s1. The van der Waals surface area contributed by atoms with Gasteiger partial charge in [0.25, 0.3) is 0 Å². The van der Waals surface area contributed by atoms with Crippen molar-refractivity contribution in [2.24, 2.45) is 0 Å². The van der Waals surface area contributed by atoms with Gasteiger partial charge in [-0.15, -0.1) is 0 Å². The first-order chi connectivity index (χ1) is 4.55. The van der Waals surface area contributed by atoms with Crippen molar-refractivity contribution in [1.29, 1.82) is 0 Å². The van der Waals surface area contributed by atoms with E-state index in [-0.39, 0.29) is 13.0 Å². The Morgan fingerprint density at radius 3 is 2.50 bits per heavy atom. The van der Waals surface area contributed by atoms with Gasteiger partial charge in [0.15, 0.2) is 5.53 Å². The van der Waals surface area contributed by atoms with Crippen molar-refractivity contribution < 1.29 is 20.1 Å². The predicted octanol–water partition coefficient (Wildman–Crippen LogP) is -1.35. The molecule has 0 radical (unpaired) electrons. The van der Waals surface area contributed by atoms with E-state index in [1.807, 2.05) is 0 Å². The van der Waals surface area contributed by atoms with Crippen molar-refractivity contribution >= 4 is 9.24 Å². The third kappa shape index (κ3) is 1.65. The average molecular weight is 166 g/mol. The van der Waals surface area contributed by atoms with E-state index in [0.29, 0.717) is 0 Å². The van der Waals surface area contributed by atoms with Crippen LogP contribution in [0.4, 0.5) is 0 Å². The van der Waals surface area contributed by atoms with Crippen molar-refractivity contribution in [3.63, 3.8) is 0 Å². The molecule has 3 N–H and O–H groups in total. The van der Waals surface area contributed by atoms with Crippen LogP contribution in [0.3, 0.4) is 0 Å². The minimum atomic E-state index is -1.35. The van der Waals surface area contributed by atoms with Crippen LogP contribution in [0.5, 0.6) is 0 Å². The fourth-order valence-corrected chi connectivity index (χ4v) is 1.40. The van der Waals surface area contributed by atoms with Gasteiger partial charge in [0, 0.05) is 6.42 Å². The third-order valence-electron chi connectivity index (χ3n) is 1.47. The maximum Gasteiger partial charge on any atom is 0.181 e. The molecule has 60 valence electrons. The molecule has 0 bridgehead atoms. The molecule has 4 atom stereocenters. The Labute approximate surface area is 61.0 Å². The average Bonchev–Trinajstić information content (AvgIpc) is 2.05. The summed E-state index contributed by atoms with van der Waals surface area (Å²) in [4.78, 5) is 0. The second-order valence-electron chi connectivity index (χ2n) is 2.46. The molecule has 0 saturated carbocycles. The van der Waals surface area contributed by atoms with Gasteiger partial charge in [-0.1, -0.05) is 9.24 Å². The maximum absolute atomic E-state index is 9.14. The molecule has 1 unspecified atom stereocenters. The van der Waals surface area contributed by atoms with Gasteiger partial charge in [0.2, 0.25) is 0 Å². The van der Waals surface area contributed by atoms with Crippen molar-refractivity contribution in [3.05, 3.63) is 0 Å². The highest BCUT2D eigenvalue weighted by atomic mass is 31.0. The molecule has 1 fully saturated rings. The predicted molar refractivity (Wildman–Crippen MR) is 37.2 cm³/mol. The number of aliphatic hydroxyl groups excluding tert-OH is 2. The Morgan fingerprint density at radius 1 is 1.70 bits per heavy atom. The molecule has 1 rings (SSSR count). The normalized spacial score (nSPS) is 48.0. The molecule has 1 heterocycles. The van der Waals surface area contributed by atoms with Crippen molar-refractivity contribution in [2.45, 2.75) is 24.2 Å². The smallest absolute Gasteiger partial charge is 0.181 e. The Hall–Kier alpha value is 0.270. The number of hydrogen-bond acceptors (Lipinski definition) is 4. The fourth-order valence-electron chi connectivity index (χ4n) is 0.979. The highest BCUT2D eigenvalue weighted by Gasteiger charge is 2.40. The fraction of sp³-hybridized carbons (Fsp3) is 1.00. The topological polar surface area (TPSA) is 69.9 Å². The molecular formula is C5H11O4P. The van der Waals surface area contributed by atoms with Gasteiger partial charge in [-0.3, -0.25) is 0 Å². The molecule has 0 amide bonds. The van der Waals surface area contributed by atoms with Crippen LogP contribution in [0.2, 0.25) is 0 Å². The second-order valence-corrected chi connectivity index (χ2v) is 3.36. The van der Waals surface area contributed by atoms with E-state index >= 15 is 0 Å². The van der Waals surface area contributed by atoms with Gasteiger partial charge in [0.1, 0.15) is 6.10 Å². The van der Waals surface area contributed by atoms with Crippen LogP contribution < -0.4 is 0 Å². The zero-order valence-corrected chi connectivity index (χ0v) is 6.55. The van der Waals surface area contributed by atoms with E-state index in [1.54, 1.807) is 0 Å². The maximum atomic E-state index is 9.14. The monoisotopic (exact) mass is 166 g/mol. The number of rotatable bonds is 1. The number of aliphatic hydroxyl groups is 3. The molecule has 0 spiro atoms. The SMILES string of the molecule is OC[C@H]1O[C@](O)(P)C[C@@H]1O. The van der Waals surface area contributed by atoms with Gasteiger partial charge in [0.05, 0.1) is 12.7 Å². The van der Waals surface area contributed by atoms with Crippen molar-refractivity contribution in [2.75, 3.05) is 6.61 Å². The van der Waals surface area contributed by atoms with E-state index in [1.165, 1.54) is 0 Å². The Bertz CT molecular complexity index is 127. The molecule has 1 saturated heterocycles. The molecule has 10 heavy (non-hydrogen) atoms. The molecule has 0 aromatic carbocycles. The van der Waals surface area contributed by atoms with E-state index in [0.717, 1.165) is 0 Å². The lowest BCUT2D eigenvalue weighted by molar-refractivity contribution is -0.134. The Balaban J connectivity index is 2.52. The van der Waals surface area contributed by atoms with Crippen LogP contribution in [0.1, 0.15) is 6.42 Å². The summed E-state index contributed by atoms with van der Waals surface area (Å²) < 4.78 is 4.83. The van der Waals surface area contributed by atoms with Crippen molar-refractivity contribution in [3.8, 4) is 0 Å². The lowest BCUT2D eigenvalue weighted by atomic mass is 10.2. The summed E-state index contributed by atoms with van der Waals surface area (Å²) >= 11 is 0. The first-order valence-electron chi connectivity index (χ1n) is 3.03. The summed E-state index contributed by atoms with van der Waals surface area (Å²) in [7, 11) is 2.07. The van der Waals surface area contributed by atoms with Gasteiger partial charge < -0.3 is 20.1 Å². The molecule has 0 aliphatic carbocycles. The third-order valence-corrected chi connectivity index (χ3v) is 1.84. The number of ether oxygens (including phenoxy) is 1. The van der Waals surface area contributed by atoms with Crippen molar-refractivity contribution in [1.82, 2.24) is 0 Å². The second kappa shape index (κ2) is 2.72.